The van der Waals surface area contributed by atoms with Crippen molar-refractivity contribution in [1.29, 1.82) is 0 Å². The number of rotatable bonds is 8. The second-order valence-electron chi connectivity index (χ2n) is 7.80. The molecule has 0 spiro atoms. The molecule has 6 heteroatoms. The summed E-state index contributed by atoms with van der Waals surface area (Å²) in [4.78, 5) is 2.44. The Morgan fingerprint density at radius 2 is 1.93 bits per heavy atom. The topological polar surface area (TPSA) is 44.7 Å². The van der Waals surface area contributed by atoms with Gasteiger partial charge in [-0.2, -0.15) is 0 Å². The monoisotopic (exact) mass is 406 g/mol. The number of nitrogens with one attached hydrogen (secondary N) is 1. The predicted octanol–water partition coefficient (Wildman–Crippen LogP) is 3.86. The van der Waals surface area contributed by atoms with Gasteiger partial charge in [0.2, 0.25) is 0 Å². The minimum absolute atomic E-state index is 0.110. The van der Waals surface area contributed by atoms with Gasteiger partial charge < -0.3 is 15.2 Å². The minimum Gasteiger partial charge on any atom is -0.490 e. The number of aliphatic hydroxyl groups is 1. The molecule has 0 aliphatic carbocycles. The van der Waals surface area contributed by atoms with Gasteiger partial charge in [0, 0.05) is 30.2 Å². The van der Waals surface area contributed by atoms with Gasteiger partial charge in [-0.05, 0) is 62.7 Å². The van der Waals surface area contributed by atoms with Crippen LogP contribution in [0.25, 0.3) is 0 Å². The molecular weight excluding hydrogens is 379 g/mol. The lowest BCUT2D eigenvalue weighted by Gasteiger charge is -2.34. The highest BCUT2D eigenvalue weighted by atomic mass is 35.5. The Labute approximate surface area is 171 Å². The van der Waals surface area contributed by atoms with Crippen LogP contribution in [0.2, 0.25) is 5.02 Å². The number of benzene rings is 2. The third kappa shape index (κ3) is 6.74. The van der Waals surface area contributed by atoms with Crippen molar-refractivity contribution >= 4 is 11.6 Å². The number of hydrogen-bond donors (Lipinski definition) is 2. The van der Waals surface area contributed by atoms with Gasteiger partial charge in [0.1, 0.15) is 23.8 Å². The Morgan fingerprint density at radius 3 is 2.61 bits per heavy atom. The third-order valence-corrected chi connectivity index (χ3v) is 5.28. The summed E-state index contributed by atoms with van der Waals surface area (Å²) < 4.78 is 18.7. The van der Waals surface area contributed by atoms with Crippen LogP contribution in [0.15, 0.2) is 48.5 Å². The average Bonchev–Trinajstić information content (AvgIpc) is 2.68. The van der Waals surface area contributed by atoms with Crippen LogP contribution >= 0.6 is 11.6 Å². The molecular formula is C22H28ClFN2O2. The molecule has 28 heavy (non-hydrogen) atoms. The van der Waals surface area contributed by atoms with Gasteiger partial charge in [0.05, 0.1) is 0 Å². The van der Waals surface area contributed by atoms with E-state index >= 15 is 0 Å². The Balaban J connectivity index is 1.37. The Kier molecular flexibility index (Phi) is 7.30. The molecule has 2 N–H and O–H groups in total. The largest absolute Gasteiger partial charge is 0.490 e. The van der Waals surface area contributed by atoms with Gasteiger partial charge in [-0.25, -0.2) is 4.39 Å². The number of piperidine rings is 1. The summed E-state index contributed by atoms with van der Waals surface area (Å²) in [6, 6.07) is 14.3. The molecule has 1 saturated heterocycles. The molecule has 0 amide bonds. The molecule has 2 aromatic rings. The zero-order valence-electron chi connectivity index (χ0n) is 16.2. The van der Waals surface area contributed by atoms with Gasteiger partial charge >= 0.3 is 0 Å². The van der Waals surface area contributed by atoms with Gasteiger partial charge in [-0.1, -0.05) is 29.8 Å². The Bertz CT molecular complexity index is 746. The van der Waals surface area contributed by atoms with Crippen molar-refractivity contribution < 1.29 is 14.2 Å². The molecule has 1 atom stereocenters. The van der Waals surface area contributed by atoms with Crippen molar-refractivity contribution in [1.82, 2.24) is 10.2 Å². The van der Waals surface area contributed by atoms with Gasteiger partial charge in [-0.15, -0.1) is 0 Å². The van der Waals surface area contributed by atoms with E-state index in [0.29, 0.717) is 18.3 Å². The molecule has 152 valence electrons. The molecule has 0 saturated carbocycles. The fraction of sp³-hybridized carbons (Fsp3) is 0.455. The number of ether oxygens (including phenoxy) is 1. The number of nitrogens with zero attached hydrogens (tertiary/aromatic N) is 1. The second-order valence-corrected chi connectivity index (χ2v) is 8.24. The van der Waals surface area contributed by atoms with E-state index < -0.39 is 5.60 Å². The van der Waals surface area contributed by atoms with Crippen LogP contribution in [0.3, 0.4) is 0 Å². The molecule has 1 aliphatic heterocycles. The van der Waals surface area contributed by atoms with Crippen LogP contribution in [0.1, 0.15) is 25.3 Å². The summed E-state index contributed by atoms with van der Waals surface area (Å²) in [6.07, 6.45) is 2.07. The maximum atomic E-state index is 13.2. The van der Waals surface area contributed by atoms with Crippen molar-refractivity contribution in [2.75, 3.05) is 26.2 Å². The molecule has 0 radical (unpaired) electrons. The van der Waals surface area contributed by atoms with Crippen molar-refractivity contribution in [2.45, 2.75) is 38.0 Å². The third-order valence-electron chi connectivity index (χ3n) is 5.02. The quantitative estimate of drug-likeness (QED) is 0.698. The molecule has 1 heterocycles. The normalized spacial score (nSPS) is 18.0. The molecule has 0 unspecified atom stereocenters. The van der Waals surface area contributed by atoms with Crippen LogP contribution in [-0.4, -0.2) is 47.9 Å². The first kappa shape index (κ1) is 21.1. The van der Waals surface area contributed by atoms with E-state index in [0.717, 1.165) is 37.5 Å². The van der Waals surface area contributed by atoms with Crippen LogP contribution < -0.4 is 10.1 Å². The molecule has 0 bridgehead atoms. The van der Waals surface area contributed by atoms with Crippen molar-refractivity contribution in [3.8, 4) is 5.75 Å². The highest BCUT2D eigenvalue weighted by Crippen LogP contribution is 2.17. The lowest BCUT2D eigenvalue weighted by molar-refractivity contribution is 0.00806. The summed E-state index contributed by atoms with van der Waals surface area (Å²) in [6.45, 7) is 5.24. The van der Waals surface area contributed by atoms with E-state index in [-0.39, 0.29) is 12.4 Å². The molecule has 4 nitrogen and oxygen atoms in total. The summed E-state index contributed by atoms with van der Waals surface area (Å²) in [5.74, 6) is 0.0800. The highest BCUT2D eigenvalue weighted by Gasteiger charge is 2.25. The van der Waals surface area contributed by atoms with E-state index in [4.69, 9.17) is 16.3 Å². The zero-order valence-corrected chi connectivity index (χ0v) is 17.0. The summed E-state index contributed by atoms with van der Waals surface area (Å²) in [7, 11) is 0. The van der Waals surface area contributed by atoms with E-state index in [1.165, 1.54) is 17.7 Å². The number of likely N-dealkylation sites (tertiary alicyclic amines) is 1. The smallest absolute Gasteiger partial charge is 0.126 e. The average molecular weight is 407 g/mol. The van der Waals surface area contributed by atoms with E-state index in [2.05, 4.69) is 22.3 Å². The van der Waals surface area contributed by atoms with Crippen molar-refractivity contribution in [2.24, 2.45) is 0 Å². The standard InChI is InChI=1S/C22H28ClFN2O2/c1-22(27,16-28-21-4-2-3-19(24)13-21)15-25-20-9-11-26(12-10-20)14-17-5-7-18(23)8-6-17/h2-8,13,20,25,27H,9-12,14-16H2,1H3/t22-/m0/s1. The van der Waals surface area contributed by atoms with Crippen molar-refractivity contribution in [3.63, 3.8) is 0 Å². The first-order valence-electron chi connectivity index (χ1n) is 9.71. The van der Waals surface area contributed by atoms with E-state index in [1.54, 1.807) is 19.1 Å². The lowest BCUT2D eigenvalue weighted by atomic mass is 10.0. The minimum atomic E-state index is -1.02. The molecule has 3 rings (SSSR count). The van der Waals surface area contributed by atoms with Gasteiger partial charge in [0.15, 0.2) is 0 Å². The number of hydrogen-bond acceptors (Lipinski definition) is 4. The first-order valence-corrected chi connectivity index (χ1v) is 10.1. The van der Waals surface area contributed by atoms with Crippen LogP contribution in [0, 0.1) is 5.82 Å². The SMILES string of the molecule is C[C@](O)(CNC1CCN(Cc2ccc(Cl)cc2)CC1)COc1cccc(F)c1. The first-order chi connectivity index (χ1) is 13.4. The predicted molar refractivity (Wildman–Crippen MR) is 110 cm³/mol. The fourth-order valence-corrected chi connectivity index (χ4v) is 3.48. The number of halogens is 2. The van der Waals surface area contributed by atoms with Crippen LogP contribution in [0.5, 0.6) is 5.75 Å². The van der Waals surface area contributed by atoms with Gasteiger partial charge in [0.25, 0.3) is 0 Å². The molecule has 2 aromatic carbocycles. The van der Waals surface area contributed by atoms with Crippen LogP contribution in [0.4, 0.5) is 4.39 Å². The Morgan fingerprint density at radius 1 is 1.21 bits per heavy atom. The molecule has 1 fully saturated rings. The zero-order chi connectivity index (χ0) is 20.0. The Hall–Kier alpha value is -1.66. The van der Waals surface area contributed by atoms with Gasteiger partial charge in [-0.3, -0.25) is 4.90 Å². The van der Waals surface area contributed by atoms with Crippen LogP contribution in [-0.2, 0) is 6.54 Å². The maximum absolute atomic E-state index is 13.2. The summed E-state index contributed by atoms with van der Waals surface area (Å²) in [5, 5.41) is 14.8. The maximum Gasteiger partial charge on any atom is 0.126 e. The van der Waals surface area contributed by atoms with Crippen molar-refractivity contribution in [3.05, 3.63) is 64.9 Å². The summed E-state index contributed by atoms with van der Waals surface area (Å²) >= 11 is 5.94. The fourth-order valence-electron chi connectivity index (χ4n) is 3.35. The lowest BCUT2D eigenvalue weighted by Crippen LogP contribution is -2.49. The second kappa shape index (κ2) is 9.70. The van der Waals surface area contributed by atoms with E-state index in [1.807, 2.05) is 12.1 Å². The molecule has 0 aromatic heterocycles. The highest BCUT2D eigenvalue weighted by molar-refractivity contribution is 6.30. The summed E-state index contributed by atoms with van der Waals surface area (Å²) in [5.41, 5.74) is 0.250. The molecule has 1 aliphatic rings. The van der Waals surface area contributed by atoms with E-state index in [9.17, 15) is 9.50 Å².